The van der Waals surface area contributed by atoms with Crippen molar-refractivity contribution >= 4 is 75.6 Å². The van der Waals surface area contributed by atoms with Gasteiger partial charge in [-0.25, -0.2) is 0 Å². The summed E-state index contributed by atoms with van der Waals surface area (Å²) in [6.07, 6.45) is 0. The van der Waals surface area contributed by atoms with Crippen LogP contribution in [0.25, 0.3) is 76.9 Å². The molecule has 12 aromatic rings. The Kier molecular flexibility index (Phi) is 7.65. The van der Waals surface area contributed by atoms with E-state index < -0.39 is 10.0 Å². The van der Waals surface area contributed by atoms with E-state index in [2.05, 4.69) is 209 Å². The van der Waals surface area contributed by atoms with E-state index in [4.69, 9.17) is 4.42 Å². The van der Waals surface area contributed by atoms with Crippen molar-refractivity contribution in [2.24, 2.45) is 0 Å². The van der Waals surface area contributed by atoms with Gasteiger partial charge in [0, 0.05) is 57.9 Å². The van der Waals surface area contributed by atoms with Gasteiger partial charge >= 0.3 is 0 Å². The quantitative estimate of drug-likeness (QED) is 0.169. The highest BCUT2D eigenvalue weighted by Gasteiger charge is 2.35. The van der Waals surface area contributed by atoms with Crippen LogP contribution >= 0.6 is 10.0 Å². The first kappa shape index (κ1) is 34.3. The number of nitriles is 1. The van der Waals surface area contributed by atoms with E-state index in [1.807, 2.05) is 18.2 Å². The van der Waals surface area contributed by atoms with Gasteiger partial charge in [0.1, 0.15) is 11.2 Å². The van der Waals surface area contributed by atoms with Crippen molar-refractivity contribution in [2.75, 3.05) is 0 Å². The second-order valence-corrected chi connectivity index (χ2v) is 18.3. The number of hydrogen-bond donors (Lipinski definition) is 0. The van der Waals surface area contributed by atoms with Crippen molar-refractivity contribution in [3.05, 3.63) is 218 Å². The van der Waals surface area contributed by atoms with Crippen LogP contribution in [-0.2, 0) is 0 Å². The van der Waals surface area contributed by atoms with E-state index >= 15 is 0 Å². The average Bonchev–Trinajstić information content (AvgIpc) is 3.98. The second kappa shape index (κ2) is 13.4. The zero-order valence-corrected chi connectivity index (χ0v) is 33.2. The molecule has 0 amide bonds. The molecule has 5 heteroatoms. The summed E-state index contributed by atoms with van der Waals surface area (Å²) in [5.74, 6) is 0. The first-order chi connectivity index (χ1) is 29.7. The third-order valence-electron chi connectivity index (χ3n) is 12.0. The number of hydrogen-bond acceptors (Lipinski definition) is 2. The van der Waals surface area contributed by atoms with Crippen LogP contribution in [0.2, 0.25) is 0 Å². The SMILES string of the molecule is N#Cc1cccc(S(c2ccccc2)(c2cccc(-n3c4ccccc4c4ccccc43)c2)c2cccc(-n3c4ccccc4c4ccc5oc6ccccc6c5c43)c2)c1. The second-order valence-electron chi connectivity index (χ2n) is 15.2. The van der Waals surface area contributed by atoms with Crippen molar-refractivity contribution in [1.82, 2.24) is 9.13 Å². The monoisotopic (exact) mass is 785 g/mol. The van der Waals surface area contributed by atoms with E-state index in [-0.39, 0.29) is 0 Å². The molecular formula is C55H35N3OS. The molecule has 0 aliphatic heterocycles. The van der Waals surface area contributed by atoms with Gasteiger partial charge in [0.2, 0.25) is 0 Å². The number of fused-ring (bicyclic) bond motifs is 10. The smallest absolute Gasteiger partial charge is 0.137 e. The normalized spacial score (nSPS) is 13.3. The Bertz CT molecular complexity index is 3650. The molecule has 0 fully saturated rings. The van der Waals surface area contributed by atoms with Gasteiger partial charge in [0.25, 0.3) is 0 Å². The fraction of sp³-hybridized carbons (Fsp3) is 0. The van der Waals surface area contributed by atoms with Crippen LogP contribution in [0.1, 0.15) is 5.56 Å². The molecule has 60 heavy (non-hydrogen) atoms. The molecule has 282 valence electrons. The highest BCUT2D eigenvalue weighted by Crippen LogP contribution is 2.74. The molecular weight excluding hydrogens is 751 g/mol. The molecule has 0 radical (unpaired) electrons. The van der Waals surface area contributed by atoms with Crippen LogP contribution in [0, 0.1) is 11.3 Å². The number of furan rings is 1. The Morgan fingerprint density at radius 3 is 1.53 bits per heavy atom. The summed E-state index contributed by atoms with van der Waals surface area (Å²) >= 11 is 0. The molecule has 0 bridgehead atoms. The molecule has 0 aliphatic rings. The summed E-state index contributed by atoms with van der Waals surface area (Å²) in [7, 11) is -2.25. The summed E-state index contributed by atoms with van der Waals surface area (Å²) in [6.45, 7) is 0. The standard InChI is InChI=1S/C55H35N3OS/c56-36-37-15-12-20-41(33-37)60(40-18-2-1-3-19-40,42-21-13-16-38(34-42)57-49-27-8-4-23-44(49)45-24-5-9-28-50(45)57)43-22-14-17-39(35-43)58-51-29-10-6-25-46(51)47-31-32-53-54(55(47)58)48-26-7-11-30-52(48)59-53/h1-35H. The first-order valence-corrected chi connectivity index (χ1v) is 21.8. The zero-order chi connectivity index (χ0) is 39.8. The number of para-hydroxylation sites is 4. The molecule has 4 nitrogen and oxygen atoms in total. The lowest BCUT2D eigenvalue weighted by atomic mass is 10.1. The third kappa shape index (κ3) is 4.92. The fourth-order valence-corrected chi connectivity index (χ4v) is 13.5. The van der Waals surface area contributed by atoms with Gasteiger partial charge in [-0.2, -0.15) is 5.26 Å². The maximum absolute atomic E-state index is 10.4. The average molecular weight is 786 g/mol. The number of nitrogens with zero attached hydrogens (tertiary/aromatic N) is 3. The maximum Gasteiger partial charge on any atom is 0.137 e. The molecule has 0 N–H and O–H groups in total. The predicted octanol–water partition coefficient (Wildman–Crippen LogP) is 15.0. The summed E-state index contributed by atoms with van der Waals surface area (Å²) in [5, 5.41) is 17.4. The summed E-state index contributed by atoms with van der Waals surface area (Å²) < 4.78 is 11.3. The summed E-state index contributed by atoms with van der Waals surface area (Å²) in [4.78, 5) is 4.61. The van der Waals surface area contributed by atoms with Gasteiger partial charge in [-0.15, -0.1) is 10.0 Å². The third-order valence-corrected chi connectivity index (χ3v) is 15.9. The van der Waals surface area contributed by atoms with Crippen LogP contribution in [-0.4, -0.2) is 9.13 Å². The lowest BCUT2D eigenvalue weighted by Gasteiger charge is -2.42. The van der Waals surface area contributed by atoms with Crippen molar-refractivity contribution in [1.29, 1.82) is 5.26 Å². The van der Waals surface area contributed by atoms with Crippen molar-refractivity contribution in [3.8, 4) is 17.4 Å². The summed E-state index contributed by atoms with van der Waals surface area (Å²) in [6, 6.07) is 78.5. The molecule has 3 aromatic heterocycles. The molecule has 1 atom stereocenters. The van der Waals surface area contributed by atoms with Gasteiger partial charge in [-0.1, -0.05) is 109 Å². The zero-order valence-electron chi connectivity index (χ0n) is 32.4. The van der Waals surface area contributed by atoms with Gasteiger partial charge < -0.3 is 13.6 Å². The molecule has 9 aromatic carbocycles. The lowest BCUT2D eigenvalue weighted by Crippen LogP contribution is -2.07. The molecule has 0 saturated heterocycles. The lowest BCUT2D eigenvalue weighted by molar-refractivity contribution is 0.669. The Hall–Kier alpha value is -7.78. The van der Waals surface area contributed by atoms with Crippen molar-refractivity contribution in [2.45, 2.75) is 19.6 Å². The van der Waals surface area contributed by atoms with Crippen LogP contribution in [0.3, 0.4) is 0 Å². The van der Waals surface area contributed by atoms with Crippen LogP contribution in [0.5, 0.6) is 0 Å². The van der Waals surface area contributed by atoms with Gasteiger partial charge in [-0.3, -0.25) is 0 Å². The van der Waals surface area contributed by atoms with E-state index in [0.29, 0.717) is 5.56 Å². The van der Waals surface area contributed by atoms with Crippen molar-refractivity contribution in [3.63, 3.8) is 0 Å². The van der Waals surface area contributed by atoms with Crippen LogP contribution < -0.4 is 0 Å². The Morgan fingerprint density at radius 2 is 0.883 bits per heavy atom. The summed E-state index contributed by atoms with van der Waals surface area (Å²) in [5.41, 5.74) is 9.08. The first-order valence-electron chi connectivity index (χ1n) is 20.1. The van der Waals surface area contributed by atoms with Crippen molar-refractivity contribution < 1.29 is 4.42 Å². The largest absolute Gasteiger partial charge is 0.456 e. The Labute approximate surface area is 347 Å². The van der Waals surface area contributed by atoms with Crippen LogP contribution in [0.4, 0.5) is 0 Å². The molecule has 12 rings (SSSR count). The molecule has 0 saturated carbocycles. The molecule has 0 spiro atoms. The highest BCUT2D eigenvalue weighted by molar-refractivity contribution is 8.34. The van der Waals surface area contributed by atoms with Gasteiger partial charge in [0.15, 0.2) is 0 Å². The van der Waals surface area contributed by atoms with Gasteiger partial charge in [-0.05, 0) is 103 Å². The molecule has 1 unspecified atom stereocenters. The topological polar surface area (TPSA) is 46.8 Å². The Balaban J connectivity index is 1.19. The maximum atomic E-state index is 10.4. The van der Waals surface area contributed by atoms with Crippen LogP contribution in [0.15, 0.2) is 236 Å². The number of aromatic nitrogens is 2. The molecule has 0 aliphatic carbocycles. The number of rotatable bonds is 6. The minimum Gasteiger partial charge on any atom is -0.456 e. The highest BCUT2D eigenvalue weighted by atomic mass is 32.3. The van der Waals surface area contributed by atoms with E-state index in [0.717, 1.165) is 65.2 Å². The van der Waals surface area contributed by atoms with Gasteiger partial charge in [0.05, 0.1) is 39.1 Å². The number of benzene rings is 9. The Morgan fingerprint density at radius 1 is 0.383 bits per heavy atom. The molecule has 3 heterocycles. The van der Waals surface area contributed by atoms with E-state index in [1.165, 1.54) is 31.3 Å². The predicted molar refractivity (Wildman–Crippen MR) is 247 cm³/mol. The fourth-order valence-electron chi connectivity index (χ4n) is 9.56. The minimum atomic E-state index is -2.25. The van der Waals surface area contributed by atoms with E-state index in [1.54, 1.807) is 0 Å². The minimum absolute atomic E-state index is 0.631. The van der Waals surface area contributed by atoms with E-state index in [9.17, 15) is 5.26 Å².